The standard InChI is InChI=1S/C13H10F2N4/c1-19(13-5-11(6-16)17-8-18-13)7-9-4-10(14)2-3-12(9)15/h2-5,8H,7H2,1H3. The minimum atomic E-state index is -0.495. The van der Waals surface area contributed by atoms with E-state index in [1.807, 2.05) is 6.07 Å². The van der Waals surface area contributed by atoms with E-state index in [2.05, 4.69) is 9.97 Å². The lowest BCUT2D eigenvalue weighted by atomic mass is 10.2. The number of hydrogen-bond acceptors (Lipinski definition) is 4. The summed E-state index contributed by atoms with van der Waals surface area (Å²) in [5.41, 5.74) is 0.441. The summed E-state index contributed by atoms with van der Waals surface area (Å²) in [4.78, 5) is 9.34. The molecule has 2 rings (SSSR count). The van der Waals surface area contributed by atoms with E-state index in [1.165, 1.54) is 12.4 Å². The van der Waals surface area contributed by atoms with Crippen molar-refractivity contribution in [2.75, 3.05) is 11.9 Å². The molecule has 0 spiro atoms. The zero-order valence-corrected chi connectivity index (χ0v) is 10.1. The SMILES string of the molecule is CN(Cc1cc(F)ccc1F)c1cc(C#N)ncn1. The van der Waals surface area contributed by atoms with Crippen molar-refractivity contribution in [1.82, 2.24) is 9.97 Å². The van der Waals surface area contributed by atoms with Gasteiger partial charge in [0, 0.05) is 25.2 Å². The highest BCUT2D eigenvalue weighted by molar-refractivity contribution is 5.42. The van der Waals surface area contributed by atoms with Crippen molar-refractivity contribution in [2.45, 2.75) is 6.54 Å². The zero-order chi connectivity index (χ0) is 13.8. The Bertz CT molecular complexity index is 637. The summed E-state index contributed by atoms with van der Waals surface area (Å²) in [7, 11) is 1.67. The second kappa shape index (κ2) is 5.40. The molecule has 96 valence electrons. The lowest BCUT2D eigenvalue weighted by Gasteiger charge is -2.18. The Kier molecular flexibility index (Phi) is 3.66. The maximum atomic E-state index is 13.5. The number of benzene rings is 1. The summed E-state index contributed by atoms with van der Waals surface area (Å²) in [6, 6.07) is 6.66. The van der Waals surface area contributed by atoms with E-state index < -0.39 is 11.6 Å². The molecule has 19 heavy (non-hydrogen) atoms. The predicted octanol–water partition coefficient (Wildman–Crippen LogP) is 2.26. The van der Waals surface area contributed by atoms with Crippen molar-refractivity contribution >= 4 is 5.82 Å². The van der Waals surface area contributed by atoms with Gasteiger partial charge in [-0.2, -0.15) is 5.26 Å². The molecule has 0 fully saturated rings. The molecular weight excluding hydrogens is 250 g/mol. The van der Waals surface area contributed by atoms with E-state index in [0.29, 0.717) is 5.82 Å². The summed E-state index contributed by atoms with van der Waals surface area (Å²) >= 11 is 0. The number of nitrogens with zero attached hydrogens (tertiary/aromatic N) is 4. The molecule has 0 saturated heterocycles. The monoisotopic (exact) mass is 260 g/mol. The van der Waals surface area contributed by atoms with Gasteiger partial charge in [-0.25, -0.2) is 18.7 Å². The molecule has 6 heteroatoms. The van der Waals surface area contributed by atoms with Crippen molar-refractivity contribution in [3.8, 4) is 6.07 Å². The molecule has 0 aliphatic rings. The van der Waals surface area contributed by atoms with Crippen LogP contribution in [-0.2, 0) is 6.54 Å². The largest absolute Gasteiger partial charge is 0.355 e. The topological polar surface area (TPSA) is 52.8 Å². The second-order valence-electron chi connectivity index (χ2n) is 3.97. The highest BCUT2D eigenvalue weighted by Gasteiger charge is 2.09. The first-order valence-electron chi connectivity index (χ1n) is 5.47. The van der Waals surface area contributed by atoms with Crippen molar-refractivity contribution < 1.29 is 8.78 Å². The Morgan fingerprint density at radius 2 is 2.05 bits per heavy atom. The van der Waals surface area contributed by atoms with Gasteiger partial charge < -0.3 is 4.90 Å². The Labute approximate surface area is 109 Å². The van der Waals surface area contributed by atoms with Crippen LogP contribution in [-0.4, -0.2) is 17.0 Å². The average molecular weight is 260 g/mol. The van der Waals surface area contributed by atoms with Crippen LogP contribution in [0.3, 0.4) is 0 Å². The van der Waals surface area contributed by atoms with Crippen molar-refractivity contribution in [1.29, 1.82) is 5.26 Å². The van der Waals surface area contributed by atoms with Crippen LogP contribution in [0.1, 0.15) is 11.3 Å². The molecule has 0 bridgehead atoms. The van der Waals surface area contributed by atoms with Crippen LogP contribution in [0.2, 0.25) is 0 Å². The second-order valence-corrected chi connectivity index (χ2v) is 3.97. The number of aromatic nitrogens is 2. The van der Waals surface area contributed by atoms with E-state index >= 15 is 0 Å². The third kappa shape index (κ3) is 3.01. The minimum Gasteiger partial charge on any atom is -0.355 e. The number of rotatable bonds is 3. The molecule has 0 amide bonds. The normalized spacial score (nSPS) is 10.0. The van der Waals surface area contributed by atoms with Gasteiger partial charge in [0.05, 0.1) is 0 Å². The molecule has 0 saturated carbocycles. The molecule has 2 aromatic rings. The maximum Gasteiger partial charge on any atom is 0.145 e. The lowest BCUT2D eigenvalue weighted by molar-refractivity contribution is 0.583. The van der Waals surface area contributed by atoms with Crippen molar-refractivity contribution in [3.05, 3.63) is 53.5 Å². The summed E-state index contributed by atoms with van der Waals surface area (Å²) < 4.78 is 26.6. The van der Waals surface area contributed by atoms with Crippen molar-refractivity contribution in [3.63, 3.8) is 0 Å². The molecule has 1 heterocycles. The van der Waals surface area contributed by atoms with Gasteiger partial charge in [0.15, 0.2) is 0 Å². The third-order valence-corrected chi connectivity index (χ3v) is 2.57. The third-order valence-electron chi connectivity index (χ3n) is 2.57. The summed E-state index contributed by atoms with van der Waals surface area (Å²) in [6.07, 6.45) is 1.26. The fourth-order valence-electron chi connectivity index (χ4n) is 1.62. The summed E-state index contributed by atoms with van der Waals surface area (Å²) in [6.45, 7) is 0.144. The van der Waals surface area contributed by atoms with E-state index in [4.69, 9.17) is 5.26 Å². The predicted molar refractivity (Wildman–Crippen MR) is 65.2 cm³/mol. The lowest BCUT2D eigenvalue weighted by Crippen LogP contribution is -2.19. The zero-order valence-electron chi connectivity index (χ0n) is 10.1. The van der Waals surface area contributed by atoms with Crippen molar-refractivity contribution in [2.24, 2.45) is 0 Å². The first kappa shape index (κ1) is 12.9. The number of hydrogen-bond donors (Lipinski definition) is 0. The van der Waals surface area contributed by atoms with E-state index in [1.54, 1.807) is 11.9 Å². The van der Waals surface area contributed by atoms with Gasteiger partial charge in [0.25, 0.3) is 0 Å². The molecule has 0 aliphatic carbocycles. The van der Waals surface area contributed by atoms with E-state index in [0.717, 1.165) is 18.2 Å². The number of anilines is 1. The molecule has 0 aliphatic heterocycles. The van der Waals surface area contributed by atoms with Gasteiger partial charge in [-0.1, -0.05) is 0 Å². The van der Waals surface area contributed by atoms with Crippen LogP contribution in [0.25, 0.3) is 0 Å². The Balaban J connectivity index is 2.23. The Morgan fingerprint density at radius 1 is 1.26 bits per heavy atom. The first-order chi connectivity index (χ1) is 9.10. The van der Waals surface area contributed by atoms with E-state index in [-0.39, 0.29) is 17.8 Å². The maximum absolute atomic E-state index is 13.5. The molecule has 1 aromatic carbocycles. The van der Waals surface area contributed by atoms with Gasteiger partial charge >= 0.3 is 0 Å². The van der Waals surface area contributed by atoms with Crippen LogP contribution in [0.4, 0.5) is 14.6 Å². The average Bonchev–Trinajstić information content (AvgIpc) is 2.43. The molecule has 0 atom stereocenters. The van der Waals surface area contributed by atoms with Gasteiger partial charge in [0.1, 0.15) is 35.5 Å². The molecule has 0 radical (unpaired) electrons. The first-order valence-corrected chi connectivity index (χ1v) is 5.47. The van der Waals surface area contributed by atoms with Gasteiger partial charge in [-0.3, -0.25) is 0 Å². The summed E-state index contributed by atoms with van der Waals surface area (Å²) in [5.74, 6) is -0.511. The van der Waals surface area contributed by atoms with Crippen LogP contribution in [0.5, 0.6) is 0 Å². The summed E-state index contributed by atoms with van der Waals surface area (Å²) in [5, 5.41) is 8.75. The molecule has 1 aromatic heterocycles. The highest BCUT2D eigenvalue weighted by atomic mass is 19.1. The van der Waals surface area contributed by atoms with E-state index in [9.17, 15) is 8.78 Å². The molecular formula is C13H10F2N4. The van der Waals surface area contributed by atoms with Crippen LogP contribution < -0.4 is 4.90 Å². The van der Waals surface area contributed by atoms with Gasteiger partial charge in [0.2, 0.25) is 0 Å². The Hall–Kier alpha value is -2.55. The highest BCUT2D eigenvalue weighted by Crippen LogP contribution is 2.16. The van der Waals surface area contributed by atoms with Crippen LogP contribution in [0, 0.1) is 23.0 Å². The van der Waals surface area contributed by atoms with Gasteiger partial charge in [-0.15, -0.1) is 0 Å². The molecule has 4 nitrogen and oxygen atoms in total. The minimum absolute atomic E-state index is 0.144. The quantitative estimate of drug-likeness (QED) is 0.849. The van der Waals surface area contributed by atoms with Gasteiger partial charge in [-0.05, 0) is 18.2 Å². The fourth-order valence-corrected chi connectivity index (χ4v) is 1.62. The molecule has 0 N–H and O–H groups in total. The van der Waals surface area contributed by atoms with Crippen LogP contribution >= 0.6 is 0 Å². The Morgan fingerprint density at radius 3 is 2.79 bits per heavy atom. The van der Waals surface area contributed by atoms with Crippen LogP contribution in [0.15, 0.2) is 30.6 Å². The number of halogens is 2. The molecule has 0 unspecified atom stereocenters. The smallest absolute Gasteiger partial charge is 0.145 e. The number of nitriles is 1. The fraction of sp³-hybridized carbons (Fsp3) is 0.154.